The lowest BCUT2D eigenvalue weighted by atomic mass is 10.1. The van der Waals surface area contributed by atoms with Gasteiger partial charge in [0.2, 0.25) is 5.91 Å². The highest BCUT2D eigenvalue weighted by molar-refractivity contribution is 5.87. The molecule has 1 amide bonds. The third-order valence-electron chi connectivity index (χ3n) is 1.01. The molecular weight excluding hydrogens is 142 g/mol. The molecule has 0 bridgehead atoms. The smallest absolute Gasteiger partial charge is 0.243 e. The van der Waals surface area contributed by atoms with E-state index in [1.165, 1.54) is 6.08 Å². The second-order valence-corrected chi connectivity index (χ2v) is 3.03. The third kappa shape index (κ3) is 7.06. The highest BCUT2D eigenvalue weighted by Crippen LogP contribution is 1.96. The van der Waals surface area contributed by atoms with Gasteiger partial charge in [-0.2, -0.15) is 0 Å². The zero-order valence-corrected chi connectivity index (χ0v) is 7.22. The molecule has 0 saturated carbocycles. The molecule has 0 aromatic carbocycles. The Morgan fingerprint density at radius 1 is 1.64 bits per heavy atom. The summed E-state index contributed by atoms with van der Waals surface area (Å²) < 4.78 is 0. The number of allylic oxidation sites excluding steroid dienone is 1. The Hall–Kier alpha value is -0.830. The molecule has 0 atom stereocenters. The minimum absolute atomic E-state index is 0.172. The van der Waals surface area contributed by atoms with E-state index in [2.05, 4.69) is 5.32 Å². The van der Waals surface area contributed by atoms with Crippen LogP contribution in [0.25, 0.3) is 0 Å². The molecule has 3 nitrogen and oxygen atoms in total. The number of amides is 1. The molecular formula is C8H15NO2. The molecule has 0 aromatic rings. The van der Waals surface area contributed by atoms with E-state index in [0.717, 1.165) is 0 Å². The van der Waals surface area contributed by atoms with Crippen molar-refractivity contribution in [1.82, 2.24) is 5.32 Å². The first kappa shape index (κ1) is 10.2. The number of carbonyl (C=O) groups excluding carboxylic acids is 1. The molecule has 64 valence electrons. The molecule has 0 aromatic heterocycles. The maximum absolute atomic E-state index is 10.8. The Labute approximate surface area is 67.1 Å². The van der Waals surface area contributed by atoms with Crippen molar-refractivity contribution >= 4 is 5.91 Å². The molecule has 0 unspecified atom stereocenters. The van der Waals surface area contributed by atoms with E-state index in [-0.39, 0.29) is 12.5 Å². The van der Waals surface area contributed by atoms with E-state index in [1.54, 1.807) is 26.8 Å². The van der Waals surface area contributed by atoms with Gasteiger partial charge in [0.25, 0.3) is 0 Å². The standard InChI is InChI=1S/C8H15NO2/c1-4-5-7(10)9-6-8(2,3)11/h4-5,11H,6H2,1-3H3,(H,9,10). The van der Waals surface area contributed by atoms with Crippen molar-refractivity contribution in [3.8, 4) is 0 Å². The molecule has 0 radical (unpaired) electrons. The highest BCUT2D eigenvalue weighted by Gasteiger charge is 2.12. The topological polar surface area (TPSA) is 49.3 Å². The van der Waals surface area contributed by atoms with Gasteiger partial charge in [0, 0.05) is 6.54 Å². The lowest BCUT2D eigenvalue weighted by molar-refractivity contribution is -0.117. The lowest BCUT2D eigenvalue weighted by Crippen LogP contribution is -2.37. The van der Waals surface area contributed by atoms with E-state index in [1.807, 2.05) is 0 Å². The Balaban J connectivity index is 3.63. The summed E-state index contributed by atoms with van der Waals surface area (Å²) in [5, 5.41) is 11.7. The summed E-state index contributed by atoms with van der Waals surface area (Å²) in [6, 6.07) is 0. The van der Waals surface area contributed by atoms with Crippen LogP contribution in [0.4, 0.5) is 0 Å². The zero-order valence-electron chi connectivity index (χ0n) is 7.22. The molecule has 0 rings (SSSR count). The number of hydrogen-bond donors (Lipinski definition) is 2. The van der Waals surface area contributed by atoms with Gasteiger partial charge in [-0.15, -0.1) is 0 Å². The molecule has 2 N–H and O–H groups in total. The first-order valence-corrected chi connectivity index (χ1v) is 3.58. The fourth-order valence-electron chi connectivity index (χ4n) is 0.514. The molecule has 0 saturated heterocycles. The van der Waals surface area contributed by atoms with Gasteiger partial charge < -0.3 is 10.4 Å². The van der Waals surface area contributed by atoms with Crippen LogP contribution in [0.15, 0.2) is 12.2 Å². The van der Waals surface area contributed by atoms with Crippen molar-refractivity contribution in [3.63, 3.8) is 0 Å². The van der Waals surface area contributed by atoms with Crippen molar-refractivity contribution in [1.29, 1.82) is 0 Å². The van der Waals surface area contributed by atoms with E-state index in [4.69, 9.17) is 0 Å². The van der Waals surface area contributed by atoms with Crippen molar-refractivity contribution in [2.24, 2.45) is 0 Å². The summed E-state index contributed by atoms with van der Waals surface area (Å²) >= 11 is 0. The molecule has 0 fully saturated rings. The van der Waals surface area contributed by atoms with E-state index in [0.29, 0.717) is 0 Å². The summed E-state index contributed by atoms with van der Waals surface area (Å²) in [5.41, 5.74) is -0.836. The number of carbonyl (C=O) groups is 1. The van der Waals surface area contributed by atoms with Crippen molar-refractivity contribution in [3.05, 3.63) is 12.2 Å². The van der Waals surface area contributed by atoms with Crippen molar-refractivity contribution in [2.45, 2.75) is 26.4 Å². The third-order valence-corrected chi connectivity index (χ3v) is 1.01. The van der Waals surface area contributed by atoms with E-state index in [9.17, 15) is 9.90 Å². The second-order valence-electron chi connectivity index (χ2n) is 3.03. The van der Waals surface area contributed by atoms with E-state index >= 15 is 0 Å². The maximum Gasteiger partial charge on any atom is 0.243 e. The van der Waals surface area contributed by atoms with Gasteiger partial charge in [-0.25, -0.2) is 0 Å². The van der Waals surface area contributed by atoms with Crippen LogP contribution >= 0.6 is 0 Å². The molecule has 3 heteroatoms. The fourth-order valence-corrected chi connectivity index (χ4v) is 0.514. The predicted octanol–water partition coefficient (Wildman–Crippen LogP) is 0.450. The number of aliphatic hydroxyl groups is 1. The first-order chi connectivity index (χ1) is 4.95. The lowest BCUT2D eigenvalue weighted by Gasteiger charge is -2.16. The minimum Gasteiger partial charge on any atom is -0.389 e. The van der Waals surface area contributed by atoms with Crippen LogP contribution in [-0.4, -0.2) is 23.2 Å². The van der Waals surface area contributed by atoms with E-state index < -0.39 is 5.60 Å². The summed E-state index contributed by atoms with van der Waals surface area (Å²) in [6.07, 6.45) is 3.07. The Morgan fingerprint density at radius 3 is 2.55 bits per heavy atom. The van der Waals surface area contributed by atoms with Crippen LogP contribution in [-0.2, 0) is 4.79 Å². The summed E-state index contributed by atoms with van der Waals surface area (Å²) in [5.74, 6) is -0.172. The van der Waals surface area contributed by atoms with Gasteiger partial charge in [0.1, 0.15) is 0 Å². The fraction of sp³-hybridized carbons (Fsp3) is 0.625. The van der Waals surface area contributed by atoms with Crippen LogP contribution in [0.2, 0.25) is 0 Å². The van der Waals surface area contributed by atoms with Gasteiger partial charge >= 0.3 is 0 Å². The minimum atomic E-state index is -0.836. The molecule has 0 heterocycles. The number of hydrogen-bond acceptors (Lipinski definition) is 2. The van der Waals surface area contributed by atoms with Crippen LogP contribution in [0.5, 0.6) is 0 Å². The zero-order chi connectivity index (χ0) is 8.91. The molecule has 0 aliphatic rings. The van der Waals surface area contributed by atoms with Crippen molar-refractivity contribution in [2.75, 3.05) is 6.54 Å². The monoisotopic (exact) mass is 157 g/mol. The Kier molecular flexibility index (Phi) is 3.82. The Bertz CT molecular complexity index is 156. The van der Waals surface area contributed by atoms with Crippen LogP contribution < -0.4 is 5.32 Å². The summed E-state index contributed by atoms with van der Waals surface area (Å²) in [6.45, 7) is 5.33. The van der Waals surface area contributed by atoms with Gasteiger partial charge in [0.05, 0.1) is 5.60 Å². The Morgan fingerprint density at radius 2 is 2.18 bits per heavy atom. The summed E-state index contributed by atoms with van der Waals surface area (Å²) in [4.78, 5) is 10.8. The predicted molar refractivity (Wildman–Crippen MR) is 44.1 cm³/mol. The van der Waals surface area contributed by atoms with Gasteiger partial charge in [0.15, 0.2) is 0 Å². The molecule has 0 aliphatic heterocycles. The van der Waals surface area contributed by atoms with Gasteiger partial charge in [-0.1, -0.05) is 6.08 Å². The molecule has 0 spiro atoms. The SMILES string of the molecule is CC=CC(=O)NCC(C)(C)O. The van der Waals surface area contributed by atoms with Crippen LogP contribution in [0.1, 0.15) is 20.8 Å². The van der Waals surface area contributed by atoms with Crippen molar-refractivity contribution < 1.29 is 9.90 Å². The largest absolute Gasteiger partial charge is 0.389 e. The second kappa shape index (κ2) is 4.13. The van der Waals surface area contributed by atoms with Crippen LogP contribution in [0, 0.1) is 0 Å². The molecule has 11 heavy (non-hydrogen) atoms. The van der Waals surface area contributed by atoms with Gasteiger partial charge in [-0.3, -0.25) is 4.79 Å². The average Bonchev–Trinajstić information content (AvgIpc) is 1.83. The normalized spacial score (nSPS) is 12.0. The van der Waals surface area contributed by atoms with Gasteiger partial charge in [-0.05, 0) is 26.8 Å². The molecule has 0 aliphatic carbocycles. The van der Waals surface area contributed by atoms with Crippen LogP contribution in [0.3, 0.4) is 0 Å². The summed E-state index contributed by atoms with van der Waals surface area (Å²) in [7, 11) is 0. The first-order valence-electron chi connectivity index (χ1n) is 3.58. The highest BCUT2D eigenvalue weighted by atomic mass is 16.3. The maximum atomic E-state index is 10.8. The number of nitrogens with one attached hydrogen (secondary N) is 1. The average molecular weight is 157 g/mol. The quantitative estimate of drug-likeness (QED) is 0.584. The number of rotatable bonds is 3.